The molecule has 2 amide bonds. The van der Waals surface area contributed by atoms with E-state index in [4.69, 9.17) is 0 Å². The van der Waals surface area contributed by atoms with E-state index in [0.29, 0.717) is 12.1 Å². The number of ether oxygens (including phenoxy) is 1. The number of nitrogens with one attached hydrogen (secondary N) is 2. The quantitative estimate of drug-likeness (QED) is 0.608. The normalized spacial score (nSPS) is 12.6. The highest BCUT2D eigenvalue weighted by atomic mass is 16.5. The standard InChI is InChI=1S/C12H12N2O4/c1-18-12(17)6-11(16)13-8-2-3-9-7(4-8)5-10(15)14-9/h2-4H,5-6H2,1H3,(H,13,16)(H,14,15). The van der Waals surface area contributed by atoms with Gasteiger partial charge in [-0.2, -0.15) is 0 Å². The van der Waals surface area contributed by atoms with Crippen molar-refractivity contribution in [1.82, 2.24) is 0 Å². The minimum Gasteiger partial charge on any atom is -0.469 e. The molecule has 1 aliphatic rings. The van der Waals surface area contributed by atoms with Crippen molar-refractivity contribution in [2.24, 2.45) is 0 Å². The number of hydrogen-bond acceptors (Lipinski definition) is 4. The van der Waals surface area contributed by atoms with Crippen LogP contribution >= 0.6 is 0 Å². The molecule has 1 aromatic rings. The highest BCUT2D eigenvalue weighted by Crippen LogP contribution is 2.25. The Morgan fingerprint density at radius 3 is 2.94 bits per heavy atom. The fraction of sp³-hybridized carbons (Fsp3) is 0.250. The van der Waals surface area contributed by atoms with Gasteiger partial charge in [-0.05, 0) is 23.8 Å². The van der Waals surface area contributed by atoms with Gasteiger partial charge in [0.2, 0.25) is 11.8 Å². The zero-order chi connectivity index (χ0) is 13.1. The molecule has 0 saturated heterocycles. The number of methoxy groups -OCH3 is 1. The third kappa shape index (κ3) is 2.65. The maximum absolute atomic E-state index is 11.5. The molecule has 1 heterocycles. The van der Waals surface area contributed by atoms with Crippen LogP contribution in [0.15, 0.2) is 18.2 Å². The molecule has 0 fully saturated rings. The van der Waals surface area contributed by atoms with Gasteiger partial charge < -0.3 is 15.4 Å². The lowest BCUT2D eigenvalue weighted by Gasteiger charge is -2.06. The van der Waals surface area contributed by atoms with Gasteiger partial charge in [0.1, 0.15) is 6.42 Å². The van der Waals surface area contributed by atoms with Gasteiger partial charge in [-0.25, -0.2) is 0 Å². The molecule has 0 atom stereocenters. The molecule has 18 heavy (non-hydrogen) atoms. The van der Waals surface area contributed by atoms with Gasteiger partial charge in [0.25, 0.3) is 0 Å². The van der Waals surface area contributed by atoms with Crippen LogP contribution in [0.4, 0.5) is 11.4 Å². The molecule has 2 N–H and O–H groups in total. The second-order valence-electron chi connectivity index (χ2n) is 3.90. The van der Waals surface area contributed by atoms with E-state index in [0.717, 1.165) is 11.3 Å². The van der Waals surface area contributed by atoms with Crippen LogP contribution in [0.1, 0.15) is 12.0 Å². The molecule has 0 radical (unpaired) electrons. The van der Waals surface area contributed by atoms with Crippen LogP contribution in [0.25, 0.3) is 0 Å². The van der Waals surface area contributed by atoms with Crippen molar-refractivity contribution in [3.05, 3.63) is 23.8 Å². The molecule has 1 aromatic carbocycles. The van der Waals surface area contributed by atoms with E-state index in [2.05, 4.69) is 15.4 Å². The van der Waals surface area contributed by atoms with Gasteiger partial charge in [-0.1, -0.05) is 0 Å². The minimum atomic E-state index is -0.592. The number of rotatable bonds is 3. The molecule has 0 bridgehead atoms. The Balaban J connectivity index is 2.03. The van der Waals surface area contributed by atoms with Crippen molar-refractivity contribution >= 4 is 29.2 Å². The molecule has 6 heteroatoms. The van der Waals surface area contributed by atoms with Crippen LogP contribution in [0.2, 0.25) is 0 Å². The summed E-state index contributed by atoms with van der Waals surface area (Å²) in [5, 5.41) is 5.27. The second-order valence-corrected chi connectivity index (χ2v) is 3.90. The molecule has 1 aliphatic heterocycles. The number of anilines is 2. The van der Waals surface area contributed by atoms with Gasteiger partial charge >= 0.3 is 5.97 Å². The van der Waals surface area contributed by atoms with E-state index in [1.165, 1.54) is 7.11 Å². The first-order valence-electron chi connectivity index (χ1n) is 5.38. The predicted molar refractivity (Wildman–Crippen MR) is 64.0 cm³/mol. The average Bonchev–Trinajstić information content (AvgIpc) is 2.68. The number of carbonyl (C=O) groups is 3. The number of fused-ring (bicyclic) bond motifs is 1. The molecule has 2 rings (SSSR count). The van der Waals surface area contributed by atoms with E-state index in [9.17, 15) is 14.4 Å². The highest BCUT2D eigenvalue weighted by Gasteiger charge is 2.18. The number of hydrogen-bond donors (Lipinski definition) is 2. The lowest BCUT2D eigenvalue weighted by atomic mass is 10.1. The van der Waals surface area contributed by atoms with E-state index >= 15 is 0 Å². The maximum atomic E-state index is 11.5. The highest BCUT2D eigenvalue weighted by molar-refractivity contribution is 6.03. The van der Waals surface area contributed by atoms with Gasteiger partial charge in [-0.3, -0.25) is 14.4 Å². The summed E-state index contributed by atoms with van der Waals surface area (Å²) in [6, 6.07) is 5.09. The summed E-state index contributed by atoms with van der Waals surface area (Å²) >= 11 is 0. The fourth-order valence-corrected chi connectivity index (χ4v) is 1.72. The van der Waals surface area contributed by atoms with Crippen LogP contribution < -0.4 is 10.6 Å². The van der Waals surface area contributed by atoms with E-state index in [1.807, 2.05) is 0 Å². The van der Waals surface area contributed by atoms with E-state index in [1.54, 1.807) is 18.2 Å². The largest absolute Gasteiger partial charge is 0.469 e. The van der Waals surface area contributed by atoms with Crippen molar-refractivity contribution in [3.63, 3.8) is 0 Å². The van der Waals surface area contributed by atoms with Gasteiger partial charge in [-0.15, -0.1) is 0 Å². The Morgan fingerprint density at radius 1 is 1.44 bits per heavy atom. The van der Waals surface area contributed by atoms with Crippen molar-refractivity contribution < 1.29 is 19.1 Å². The molecule has 6 nitrogen and oxygen atoms in total. The molecule has 0 aliphatic carbocycles. The summed E-state index contributed by atoms with van der Waals surface area (Å²) < 4.78 is 4.39. The Morgan fingerprint density at radius 2 is 2.22 bits per heavy atom. The predicted octanol–water partition coefficient (Wildman–Crippen LogP) is 0.683. The Kier molecular flexibility index (Phi) is 3.27. The van der Waals surface area contributed by atoms with Crippen LogP contribution in [0.5, 0.6) is 0 Å². The zero-order valence-corrected chi connectivity index (χ0v) is 9.78. The first-order valence-corrected chi connectivity index (χ1v) is 5.38. The summed E-state index contributed by atoms with van der Waals surface area (Å²) in [4.78, 5) is 33.5. The van der Waals surface area contributed by atoms with Gasteiger partial charge in [0, 0.05) is 11.4 Å². The number of esters is 1. The molecule has 94 valence electrons. The van der Waals surface area contributed by atoms with Crippen LogP contribution in [0.3, 0.4) is 0 Å². The van der Waals surface area contributed by atoms with E-state index < -0.39 is 11.9 Å². The second kappa shape index (κ2) is 4.87. The van der Waals surface area contributed by atoms with Gasteiger partial charge in [0.15, 0.2) is 0 Å². The van der Waals surface area contributed by atoms with Crippen LogP contribution in [0, 0.1) is 0 Å². The summed E-state index contributed by atoms with van der Waals surface area (Å²) in [6.07, 6.45) is -0.0270. The smallest absolute Gasteiger partial charge is 0.315 e. The topological polar surface area (TPSA) is 84.5 Å². The number of benzene rings is 1. The summed E-state index contributed by atoms with van der Waals surface area (Å²) in [5.41, 5.74) is 2.14. The first-order chi connectivity index (χ1) is 8.58. The Hall–Kier alpha value is -2.37. The zero-order valence-electron chi connectivity index (χ0n) is 9.78. The third-order valence-corrected chi connectivity index (χ3v) is 2.55. The van der Waals surface area contributed by atoms with Crippen molar-refractivity contribution in [3.8, 4) is 0 Å². The lowest BCUT2D eigenvalue weighted by Crippen LogP contribution is -2.17. The fourth-order valence-electron chi connectivity index (χ4n) is 1.72. The molecule has 0 aromatic heterocycles. The maximum Gasteiger partial charge on any atom is 0.315 e. The number of carbonyl (C=O) groups excluding carboxylic acids is 3. The SMILES string of the molecule is COC(=O)CC(=O)Nc1ccc2c(c1)CC(=O)N2. The van der Waals surface area contributed by atoms with Gasteiger partial charge in [0.05, 0.1) is 13.5 Å². The molecule has 0 unspecified atom stereocenters. The third-order valence-electron chi connectivity index (χ3n) is 2.55. The molecule has 0 spiro atoms. The molecule has 0 saturated carbocycles. The Labute approximate surface area is 103 Å². The first kappa shape index (κ1) is 12.1. The van der Waals surface area contributed by atoms with Crippen molar-refractivity contribution in [2.45, 2.75) is 12.8 Å². The summed E-state index contributed by atoms with van der Waals surface area (Å²) in [7, 11) is 1.22. The van der Waals surface area contributed by atoms with E-state index in [-0.39, 0.29) is 12.3 Å². The minimum absolute atomic E-state index is 0.0666. The number of amides is 2. The monoisotopic (exact) mass is 248 g/mol. The lowest BCUT2D eigenvalue weighted by molar-refractivity contribution is -0.142. The van der Waals surface area contributed by atoms with Crippen LogP contribution in [-0.2, 0) is 25.5 Å². The van der Waals surface area contributed by atoms with Crippen molar-refractivity contribution in [2.75, 3.05) is 17.7 Å². The van der Waals surface area contributed by atoms with Crippen molar-refractivity contribution in [1.29, 1.82) is 0 Å². The molecular formula is C12H12N2O4. The summed E-state index contributed by atoms with van der Waals surface area (Å²) in [5.74, 6) is -1.10. The average molecular weight is 248 g/mol. The molecular weight excluding hydrogens is 236 g/mol. The summed E-state index contributed by atoms with van der Waals surface area (Å²) in [6.45, 7) is 0. The Bertz CT molecular complexity index is 525. The van der Waals surface area contributed by atoms with Crippen LogP contribution in [-0.4, -0.2) is 24.9 Å².